The minimum atomic E-state index is -0.607. The number of hydrogen-bond donors (Lipinski definition) is 0. The van der Waals surface area contributed by atoms with Gasteiger partial charge >= 0.3 is 0 Å². The number of thioether (sulfide) groups is 1. The van der Waals surface area contributed by atoms with Crippen molar-refractivity contribution >= 4 is 62.5 Å². The molecule has 1 heterocycles. The minimum Gasteiger partial charge on any atom is -0.493 e. The van der Waals surface area contributed by atoms with E-state index in [0.29, 0.717) is 47.6 Å². The smallest absolute Gasteiger partial charge is 0.220 e. The van der Waals surface area contributed by atoms with Gasteiger partial charge < -0.3 is 9.47 Å². The predicted molar refractivity (Wildman–Crippen MR) is 153 cm³/mol. The van der Waals surface area contributed by atoms with Gasteiger partial charge in [0.15, 0.2) is 16.7 Å². The summed E-state index contributed by atoms with van der Waals surface area (Å²) in [7, 11) is 1.50. The molecule has 0 N–H and O–H groups in total. The van der Waals surface area contributed by atoms with Crippen molar-refractivity contribution in [1.82, 2.24) is 14.8 Å². The van der Waals surface area contributed by atoms with Crippen LogP contribution in [0.2, 0.25) is 15.1 Å². The maximum Gasteiger partial charge on any atom is 0.220 e. The number of aryl methyl sites for hydroxylation is 1. The van der Waals surface area contributed by atoms with Crippen LogP contribution in [0.1, 0.15) is 22.2 Å². The van der Waals surface area contributed by atoms with Crippen LogP contribution in [0.3, 0.4) is 0 Å². The number of nitrogens with zero attached hydrogens (tertiary/aromatic N) is 4. The SMILES string of the molecule is COc1cc([C@@H](C[N+](=O)[O-])Sc2nnc(C)n2-c2ccc(Cl)cc2)cc(Br)c1OCc1ccc(Cl)cc1Cl. The summed E-state index contributed by atoms with van der Waals surface area (Å²) >= 11 is 23.1. The van der Waals surface area contributed by atoms with E-state index in [0.717, 1.165) is 11.3 Å². The summed E-state index contributed by atoms with van der Waals surface area (Å²) in [5.41, 5.74) is 2.19. The van der Waals surface area contributed by atoms with E-state index in [1.165, 1.54) is 18.9 Å². The zero-order chi connectivity index (χ0) is 27.4. The second-order valence-corrected chi connectivity index (χ2v) is 11.3. The molecular weight excluding hydrogens is 639 g/mol. The van der Waals surface area contributed by atoms with Crippen LogP contribution in [0.4, 0.5) is 0 Å². The van der Waals surface area contributed by atoms with Crippen molar-refractivity contribution in [3.8, 4) is 17.2 Å². The van der Waals surface area contributed by atoms with Gasteiger partial charge in [-0.15, -0.1) is 10.2 Å². The molecule has 3 aromatic carbocycles. The molecule has 1 atom stereocenters. The molecule has 198 valence electrons. The minimum absolute atomic E-state index is 0.168. The third kappa shape index (κ3) is 6.73. The normalized spacial score (nSPS) is 11.8. The Morgan fingerprint density at radius 2 is 1.79 bits per heavy atom. The van der Waals surface area contributed by atoms with Crippen LogP contribution in [0.25, 0.3) is 5.69 Å². The van der Waals surface area contributed by atoms with Crippen LogP contribution in [-0.2, 0) is 6.61 Å². The highest BCUT2D eigenvalue weighted by Gasteiger charge is 2.26. The summed E-state index contributed by atoms with van der Waals surface area (Å²) < 4.78 is 14.0. The van der Waals surface area contributed by atoms with Crippen LogP contribution in [-0.4, -0.2) is 33.3 Å². The van der Waals surface area contributed by atoms with Gasteiger partial charge in [0.1, 0.15) is 17.7 Å². The molecule has 0 aliphatic heterocycles. The van der Waals surface area contributed by atoms with E-state index >= 15 is 0 Å². The van der Waals surface area contributed by atoms with E-state index < -0.39 is 5.25 Å². The Morgan fingerprint density at radius 1 is 1.08 bits per heavy atom. The van der Waals surface area contributed by atoms with Crippen molar-refractivity contribution < 1.29 is 14.4 Å². The maximum absolute atomic E-state index is 11.6. The lowest BCUT2D eigenvalue weighted by molar-refractivity contribution is -0.479. The third-order valence-electron chi connectivity index (χ3n) is 5.45. The molecule has 4 aromatic rings. The van der Waals surface area contributed by atoms with Crippen molar-refractivity contribution in [3.05, 3.63) is 101 Å². The molecule has 38 heavy (non-hydrogen) atoms. The molecule has 13 heteroatoms. The summed E-state index contributed by atoms with van der Waals surface area (Å²) in [6, 6.07) is 15.8. The van der Waals surface area contributed by atoms with Crippen molar-refractivity contribution in [2.45, 2.75) is 23.9 Å². The molecule has 0 fully saturated rings. The fraction of sp³-hybridized carbons (Fsp3) is 0.200. The van der Waals surface area contributed by atoms with Crippen LogP contribution in [0, 0.1) is 17.0 Å². The van der Waals surface area contributed by atoms with E-state index in [1.807, 2.05) is 23.6 Å². The lowest BCUT2D eigenvalue weighted by atomic mass is 10.1. The summed E-state index contributed by atoms with van der Waals surface area (Å²) in [6.45, 7) is 1.63. The number of aromatic nitrogens is 3. The molecular formula is C25H20BrCl3N4O4S. The Hall–Kier alpha value is -2.50. The molecule has 0 radical (unpaired) electrons. The standard InChI is InChI=1S/C25H20BrCl3N4O4S/c1-14-30-31-25(33(14)19-7-5-17(27)6-8-19)38-23(12-32(34)35)16-9-20(26)24(22(10-16)36-2)37-13-15-3-4-18(28)11-21(15)29/h3-11,23H,12-13H2,1-2H3/t23-/m1/s1. The molecule has 4 rings (SSSR count). The molecule has 0 saturated heterocycles. The maximum atomic E-state index is 11.6. The van der Waals surface area contributed by atoms with Gasteiger partial charge in [0, 0.05) is 31.2 Å². The first-order valence-corrected chi connectivity index (χ1v) is 13.9. The molecule has 0 bridgehead atoms. The summed E-state index contributed by atoms with van der Waals surface area (Å²) in [6.07, 6.45) is 0. The summed E-state index contributed by atoms with van der Waals surface area (Å²) in [5, 5.41) is 21.6. The van der Waals surface area contributed by atoms with Crippen LogP contribution < -0.4 is 9.47 Å². The number of methoxy groups -OCH3 is 1. The van der Waals surface area contributed by atoms with E-state index in [9.17, 15) is 10.1 Å². The van der Waals surface area contributed by atoms with Gasteiger partial charge in [0.05, 0.1) is 11.6 Å². The highest BCUT2D eigenvalue weighted by Crippen LogP contribution is 2.43. The third-order valence-corrected chi connectivity index (χ3v) is 8.06. The van der Waals surface area contributed by atoms with Gasteiger partial charge in [0.25, 0.3) is 0 Å². The van der Waals surface area contributed by atoms with Gasteiger partial charge in [-0.25, -0.2) is 0 Å². The van der Waals surface area contributed by atoms with Crippen LogP contribution in [0.15, 0.2) is 64.2 Å². The Kier molecular flexibility index (Phi) is 9.43. The monoisotopic (exact) mass is 656 g/mol. The van der Waals surface area contributed by atoms with E-state index in [1.54, 1.807) is 42.5 Å². The first-order chi connectivity index (χ1) is 18.2. The van der Waals surface area contributed by atoms with E-state index in [4.69, 9.17) is 44.3 Å². The molecule has 0 aliphatic rings. The van der Waals surface area contributed by atoms with Gasteiger partial charge in [-0.05, 0) is 76.9 Å². The number of ether oxygens (including phenoxy) is 2. The number of hydrogen-bond acceptors (Lipinski definition) is 7. The van der Waals surface area contributed by atoms with Crippen molar-refractivity contribution in [1.29, 1.82) is 0 Å². The molecule has 0 unspecified atom stereocenters. The second kappa shape index (κ2) is 12.6. The van der Waals surface area contributed by atoms with E-state index in [2.05, 4.69) is 26.1 Å². The van der Waals surface area contributed by atoms with Crippen molar-refractivity contribution in [2.24, 2.45) is 0 Å². The van der Waals surface area contributed by atoms with Crippen molar-refractivity contribution in [2.75, 3.05) is 13.7 Å². The second-order valence-electron chi connectivity index (χ2n) is 8.02. The Balaban J connectivity index is 1.65. The predicted octanol–water partition coefficient (Wildman–Crippen LogP) is 8.00. The molecule has 0 aliphatic carbocycles. The van der Waals surface area contributed by atoms with Crippen LogP contribution >= 0.6 is 62.5 Å². The lowest BCUT2D eigenvalue weighted by Gasteiger charge is -2.18. The molecule has 0 amide bonds. The Morgan fingerprint density at radius 3 is 2.45 bits per heavy atom. The summed E-state index contributed by atoms with van der Waals surface area (Å²) in [5.74, 6) is 1.48. The molecule has 0 spiro atoms. The van der Waals surface area contributed by atoms with Gasteiger partial charge in [-0.1, -0.05) is 52.6 Å². The topological polar surface area (TPSA) is 92.3 Å². The quantitative estimate of drug-likeness (QED) is 0.0969. The van der Waals surface area contributed by atoms with E-state index in [-0.39, 0.29) is 18.1 Å². The fourth-order valence-corrected chi connectivity index (χ4v) is 5.95. The molecule has 1 aromatic heterocycles. The number of halogens is 4. The van der Waals surface area contributed by atoms with Crippen LogP contribution in [0.5, 0.6) is 11.5 Å². The molecule has 0 saturated carbocycles. The Bertz CT molecular complexity index is 1470. The first-order valence-electron chi connectivity index (χ1n) is 11.1. The Labute approximate surface area is 246 Å². The van der Waals surface area contributed by atoms with Crippen molar-refractivity contribution in [3.63, 3.8) is 0 Å². The van der Waals surface area contributed by atoms with Gasteiger partial charge in [-0.3, -0.25) is 14.7 Å². The fourth-order valence-electron chi connectivity index (χ4n) is 3.63. The van der Waals surface area contributed by atoms with Gasteiger partial charge in [-0.2, -0.15) is 0 Å². The number of rotatable bonds is 10. The zero-order valence-electron chi connectivity index (χ0n) is 20.0. The number of benzene rings is 3. The highest BCUT2D eigenvalue weighted by molar-refractivity contribution is 9.10. The zero-order valence-corrected chi connectivity index (χ0v) is 24.7. The number of nitro groups is 1. The lowest BCUT2D eigenvalue weighted by Crippen LogP contribution is -2.12. The largest absolute Gasteiger partial charge is 0.493 e. The highest BCUT2D eigenvalue weighted by atomic mass is 79.9. The molecule has 8 nitrogen and oxygen atoms in total. The van der Waals surface area contributed by atoms with Gasteiger partial charge in [0.2, 0.25) is 6.54 Å². The summed E-state index contributed by atoms with van der Waals surface area (Å²) in [4.78, 5) is 11.3. The first kappa shape index (κ1) is 28.5. The average molecular weight is 659 g/mol. The average Bonchev–Trinajstić information content (AvgIpc) is 3.23.